The van der Waals surface area contributed by atoms with Crippen LogP contribution in [0.3, 0.4) is 0 Å². The van der Waals surface area contributed by atoms with Crippen molar-refractivity contribution < 1.29 is 14.3 Å². The largest absolute Gasteiger partial charge is 0.492 e. The maximum Gasteiger partial charge on any atom is 0.225 e. The molecule has 2 atom stereocenters. The van der Waals surface area contributed by atoms with E-state index in [1.807, 2.05) is 19.1 Å². The fourth-order valence-corrected chi connectivity index (χ4v) is 2.43. The predicted octanol–water partition coefficient (Wildman–Crippen LogP) is 1.58. The number of nitrogen functional groups attached to an aromatic ring is 1. The summed E-state index contributed by atoms with van der Waals surface area (Å²) in [4.78, 5) is 12.0. The van der Waals surface area contributed by atoms with E-state index in [1.165, 1.54) is 0 Å². The van der Waals surface area contributed by atoms with E-state index in [2.05, 4.69) is 5.32 Å². The number of benzene rings is 1. The highest BCUT2D eigenvalue weighted by Gasteiger charge is 2.32. The van der Waals surface area contributed by atoms with Crippen LogP contribution in [0, 0.1) is 5.92 Å². The van der Waals surface area contributed by atoms with Gasteiger partial charge in [-0.05, 0) is 25.0 Å². The molecular formula is C15H22N2O3. The Kier molecular flexibility index (Phi) is 5.24. The number of rotatable bonds is 6. The molecule has 5 heteroatoms. The summed E-state index contributed by atoms with van der Waals surface area (Å²) >= 11 is 0. The molecule has 1 saturated heterocycles. The zero-order valence-corrected chi connectivity index (χ0v) is 11.8. The lowest BCUT2D eigenvalue weighted by molar-refractivity contribution is -0.126. The quantitative estimate of drug-likeness (QED) is 0.612. The number of ether oxygens (including phenoxy) is 2. The molecule has 1 aliphatic rings. The molecule has 1 aliphatic heterocycles. The van der Waals surface area contributed by atoms with Crippen molar-refractivity contribution in [3.63, 3.8) is 0 Å². The number of hydrogen-bond acceptors (Lipinski definition) is 4. The first-order chi connectivity index (χ1) is 9.70. The smallest absolute Gasteiger partial charge is 0.225 e. The number of hydrogen-bond donors (Lipinski definition) is 2. The first-order valence-electron chi connectivity index (χ1n) is 7.08. The van der Waals surface area contributed by atoms with Crippen molar-refractivity contribution in [3.8, 4) is 5.75 Å². The summed E-state index contributed by atoms with van der Waals surface area (Å²) in [6.45, 7) is 3.63. The van der Waals surface area contributed by atoms with Crippen molar-refractivity contribution in [1.82, 2.24) is 5.32 Å². The molecule has 110 valence electrons. The molecule has 0 aromatic heterocycles. The van der Waals surface area contributed by atoms with E-state index in [9.17, 15) is 4.79 Å². The molecule has 0 saturated carbocycles. The molecule has 1 amide bonds. The minimum atomic E-state index is -0.0210. The first kappa shape index (κ1) is 14.7. The van der Waals surface area contributed by atoms with Crippen molar-refractivity contribution in [1.29, 1.82) is 0 Å². The Balaban J connectivity index is 1.69. The van der Waals surface area contributed by atoms with Gasteiger partial charge < -0.3 is 20.5 Å². The Morgan fingerprint density at radius 2 is 2.40 bits per heavy atom. The van der Waals surface area contributed by atoms with Gasteiger partial charge in [0.2, 0.25) is 5.91 Å². The second kappa shape index (κ2) is 7.14. The molecule has 2 rings (SSSR count). The van der Waals surface area contributed by atoms with Crippen LogP contribution in [0.2, 0.25) is 0 Å². The van der Waals surface area contributed by atoms with E-state index in [1.54, 1.807) is 12.1 Å². The van der Waals surface area contributed by atoms with Gasteiger partial charge in [0.05, 0.1) is 18.6 Å². The van der Waals surface area contributed by atoms with Gasteiger partial charge in [-0.15, -0.1) is 0 Å². The van der Waals surface area contributed by atoms with Crippen LogP contribution in [0.5, 0.6) is 5.75 Å². The zero-order valence-electron chi connectivity index (χ0n) is 11.8. The number of carbonyl (C=O) groups excluding carboxylic acids is 1. The van der Waals surface area contributed by atoms with E-state index >= 15 is 0 Å². The number of carbonyl (C=O) groups is 1. The molecule has 20 heavy (non-hydrogen) atoms. The lowest BCUT2D eigenvalue weighted by atomic mass is 9.99. The molecule has 5 nitrogen and oxygen atoms in total. The Labute approximate surface area is 119 Å². The van der Waals surface area contributed by atoms with E-state index in [-0.39, 0.29) is 17.9 Å². The van der Waals surface area contributed by atoms with Crippen LogP contribution in [0.25, 0.3) is 0 Å². The van der Waals surface area contributed by atoms with Crippen LogP contribution in [-0.4, -0.2) is 31.8 Å². The fourth-order valence-electron chi connectivity index (χ4n) is 2.43. The molecule has 0 bridgehead atoms. The van der Waals surface area contributed by atoms with Gasteiger partial charge in [0.25, 0.3) is 0 Å². The predicted molar refractivity (Wildman–Crippen MR) is 77.5 cm³/mol. The Morgan fingerprint density at radius 1 is 1.55 bits per heavy atom. The second-order valence-electron chi connectivity index (χ2n) is 4.92. The van der Waals surface area contributed by atoms with Crippen molar-refractivity contribution in [3.05, 3.63) is 24.3 Å². The summed E-state index contributed by atoms with van der Waals surface area (Å²) in [5.41, 5.74) is 6.33. The van der Waals surface area contributed by atoms with Crippen LogP contribution >= 0.6 is 0 Å². The van der Waals surface area contributed by atoms with Gasteiger partial charge in [-0.1, -0.05) is 13.0 Å². The standard InChI is InChI=1S/C15H22N2O3/c1-2-14-13(6-8-20-14)15(18)17-7-9-19-12-5-3-4-11(16)10-12/h3-5,10,13-14H,2,6-9,16H2,1H3,(H,17,18). The van der Waals surface area contributed by atoms with Gasteiger partial charge in [0.15, 0.2) is 0 Å². The van der Waals surface area contributed by atoms with Crippen molar-refractivity contribution in [2.75, 3.05) is 25.5 Å². The lowest BCUT2D eigenvalue weighted by Gasteiger charge is -2.16. The van der Waals surface area contributed by atoms with Crippen LogP contribution in [0.4, 0.5) is 5.69 Å². The van der Waals surface area contributed by atoms with E-state index in [4.69, 9.17) is 15.2 Å². The van der Waals surface area contributed by atoms with Gasteiger partial charge in [-0.25, -0.2) is 0 Å². The van der Waals surface area contributed by atoms with E-state index < -0.39 is 0 Å². The molecule has 1 aromatic rings. The summed E-state index contributed by atoms with van der Waals surface area (Å²) in [5.74, 6) is 0.757. The maximum atomic E-state index is 12.0. The SMILES string of the molecule is CCC1OCCC1C(=O)NCCOc1cccc(N)c1. The summed E-state index contributed by atoms with van der Waals surface area (Å²) in [7, 11) is 0. The molecule has 0 radical (unpaired) electrons. The number of anilines is 1. The average Bonchev–Trinajstić information content (AvgIpc) is 2.92. The summed E-state index contributed by atoms with van der Waals surface area (Å²) in [6.07, 6.45) is 1.74. The van der Waals surface area contributed by atoms with Gasteiger partial charge in [-0.3, -0.25) is 4.79 Å². The summed E-state index contributed by atoms with van der Waals surface area (Å²) in [5, 5.41) is 2.90. The highest BCUT2D eigenvalue weighted by Crippen LogP contribution is 2.23. The molecule has 0 aliphatic carbocycles. The summed E-state index contributed by atoms with van der Waals surface area (Å²) < 4.78 is 11.0. The Hall–Kier alpha value is -1.75. The van der Waals surface area contributed by atoms with Crippen molar-refractivity contribution in [2.45, 2.75) is 25.9 Å². The monoisotopic (exact) mass is 278 g/mol. The van der Waals surface area contributed by atoms with Gasteiger partial charge in [0.1, 0.15) is 12.4 Å². The first-order valence-corrected chi connectivity index (χ1v) is 7.08. The topological polar surface area (TPSA) is 73.6 Å². The molecule has 2 unspecified atom stereocenters. The maximum absolute atomic E-state index is 12.0. The molecule has 1 fully saturated rings. The van der Waals surface area contributed by atoms with Crippen LogP contribution in [0.1, 0.15) is 19.8 Å². The van der Waals surface area contributed by atoms with Crippen LogP contribution in [-0.2, 0) is 9.53 Å². The van der Waals surface area contributed by atoms with Gasteiger partial charge in [-0.2, -0.15) is 0 Å². The molecular weight excluding hydrogens is 256 g/mol. The highest BCUT2D eigenvalue weighted by molar-refractivity contribution is 5.79. The molecule has 3 N–H and O–H groups in total. The minimum absolute atomic E-state index is 0.0210. The molecule has 1 aromatic carbocycles. The molecule has 1 heterocycles. The average molecular weight is 278 g/mol. The fraction of sp³-hybridized carbons (Fsp3) is 0.533. The third-order valence-corrected chi connectivity index (χ3v) is 3.48. The highest BCUT2D eigenvalue weighted by atomic mass is 16.5. The lowest BCUT2D eigenvalue weighted by Crippen LogP contribution is -2.37. The molecule has 0 spiro atoms. The third-order valence-electron chi connectivity index (χ3n) is 3.48. The number of nitrogens with two attached hydrogens (primary N) is 1. The van der Waals surface area contributed by atoms with Crippen molar-refractivity contribution >= 4 is 11.6 Å². The number of nitrogens with one attached hydrogen (secondary N) is 1. The van der Waals surface area contributed by atoms with Crippen molar-refractivity contribution in [2.24, 2.45) is 5.92 Å². The van der Waals surface area contributed by atoms with Crippen LogP contribution in [0.15, 0.2) is 24.3 Å². The third kappa shape index (κ3) is 3.87. The van der Waals surface area contributed by atoms with Crippen LogP contribution < -0.4 is 15.8 Å². The Bertz CT molecular complexity index is 450. The minimum Gasteiger partial charge on any atom is -0.492 e. The van der Waals surface area contributed by atoms with E-state index in [0.717, 1.165) is 18.6 Å². The van der Waals surface area contributed by atoms with Gasteiger partial charge in [0, 0.05) is 18.4 Å². The number of amides is 1. The second-order valence-corrected chi connectivity index (χ2v) is 4.92. The zero-order chi connectivity index (χ0) is 14.4. The summed E-state index contributed by atoms with van der Waals surface area (Å²) in [6, 6.07) is 7.25. The van der Waals surface area contributed by atoms with Gasteiger partial charge >= 0.3 is 0 Å². The Morgan fingerprint density at radius 3 is 3.15 bits per heavy atom. The normalized spacial score (nSPS) is 21.6. The van der Waals surface area contributed by atoms with E-state index in [0.29, 0.717) is 25.4 Å².